The van der Waals surface area contributed by atoms with Gasteiger partial charge in [0.05, 0.1) is 6.33 Å². The Balaban J connectivity index is 2.05. The molecule has 5 nitrogen and oxygen atoms in total. The highest BCUT2D eigenvalue weighted by molar-refractivity contribution is 5.75. The average molecular weight is 238 g/mol. The van der Waals surface area contributed by atoms with Crippen molar-refractivity contribution in [3.63, 3.8) is 0 Å². The van der Waals surface area contributed by atoms with Crippen LogP contribution in [0.15, 0.2) is 18.7 Å². The fourth-order valence-corrected chi connectivity index (χ4v) is 1.38. The molecule has 0 unspecified atom stereocenters. The van der Waals surface area contributed by atoms with Gasteiger partial charge < -0.3 is 15.2 Å². The Morgan fingerprint density at radius 2 is 2.12 bits per heavy atom. The summed E-state index contributed by atoms with van der Waals surface area (Å²) in [7, 11) is 0. The molecule has 0 aliphatic rings. The lowest BCUT2D eigenvalue weighted by Gasteiger charge is -2.20. The third-order valence-electron chi connectivity index (χ3n) is 2.26. The molecule has 1 heterocycles. The normalized spacial score (nSPS) is 11.5. The summed E-state index contributed by atoms with van der Waals surface area (Å²) in [5, 5.41) is 6.16. The van der Waals surface area contributed by atoms with E-state index in [1.54, 1.807) is 12.5 Å². The number of aromatic nitrogens is 2. The molecule has 5 heteroatoms. The molecule has 0 radical (unpaired) electrons. The van der Waals surface area contributed by atoms with E-state index in [2.05, 4.69) is 36.4 Å². The van der Waals surface area contributed by atoms with Gasteiger partial charge in [0, 0.05) is 44.0 Å². The summed E-state index contributed by atoms with van der Waals surface area (Å²) in [5.74, 6) is 0.0851. The summed E-state index contributed by atoms with van der Waals surface area (Å²) in [6.07, 6.45) is 5.87. The van der Waals surface area contributed by atoms with Crippen molar-refractivity contribution < 1.29 is 4.79 Å². The number of amides is 1. The molecule has 0 aliphatic heterocycles. The molecule has 1 aromatic heterocycles. The first kappa shape index (κ1) is 13.7. The Kier molecular flexibility index (Phi) is 5.15. The van der Waals surface area contributed by atoms with E-state index >= 15 is 0 Å². The van der Waals surface area contributed by atoms with Gasteiger partial charge in [0.15, 0.2) is 0 Å². The third-order valence-corrected chi connectivity index (χ3v) is 2.26. The maximum atomic E-state index is 11.5. The molecule has 0 bridgehead atoms. The predicted octanol–water partition coefficient (Wildman–Crippen LogP) is 0.778. The van der Waals surface area contributed by atoms with Gasteiger partial charge in [-0.2, -0.15) is 0 Å². The van der Waals surface area contributed by atoms with Gasteiger partial charge in [-0.05, 0) is 20.8 Å². The molecule has 0 aliphatic carbocycles. The van der Waals surface area contributed by atoms with Gasteiger partial charge in [0.2, 0.25) is 5.91 Å². The van der Waals surface area contributed by atoms with Crippen molar-refractivity contribution in [2.45, 2.75) is 39.3 Å². The summed E-state index contributed by atoms with van der Waals surface area (Å²) >= 11 is 0. The first-order valence-corrected chi connectivity index (χ1v) is 5.95. The van der Waals surface area contributed by atoms with Crippen LogP contribution in [0.25, 0.3) is 0 Å². The van der Waals surface area contributed by atoms with Gasteiger partial charge in [-0.15, -0.1) is 0 Å². The van der Waals surface area contributed by atoms with Gasteiger partial charge in [-0.3, -0.25) is 4.79 Å². The van der Waals surface area contributed by atoms with Crippen LogP contribution in [0.1, 0.15) is 27.2 Å². The third kappa shape index (κ3) is 6.73. The smallest absolute Gasteiger partial charge is 0.221 e. The van der Waals surface area contributed by atoms with Crippen LogP contribution in [0.5, 0.6) is 0 Å². The van der Waals surface area contributed by atoms with E-state index in [1.807, 2.05) is 10.8 Å². The molecule has 0 atom stereocenters. The second-order valence-electron chi connectivity index (χ2n) is 5.08. The Morgan fingerprint density at radius 1 is 1.35 bits per heavy atom. The largest absolute Gasteiger partial charge is 0.354 e. The fraction of sp³-hybridized carbons (Fsp3) is 0.667. The molecular weight excluding hydrogens is 216 g/mol. The molecule has 1 amide bonds. The molecule has 0 saturated heterocycles. The van der Waals surface area contributed by atoms with Gasteiger partial charge in [-0.25, -0.2) is 4.98 Å². The zero-order valence-electron chi connectivity index (χ0n) is 10.9. The van der Waals surface area contributed by atoms with Crippen LogP contribution in [0, 0.1) is 0 Å². The highest BCUT2D eigenvalue weighted by Gasteiger charge is 2.09. The zero-order chi connectivity index (χ0) is 12.7. The van der Waals surface area contributed by atoms with Crippen LogP contribution in [-0.2, 0) is 11.3 Å². The summed E-state index contributed by atoms with van der Waals surface area (Å²) in [6.45, 7) is 8.38. The summed E-state index contributed by atoms with van der Waals surface area (Å²) < 4.78 is 1.94. The van der Waals surface area contributed by atoms with Gasteiger partial charge >= 0.3 is 0 Å². The van der Waals surface area contributed by atoms with Crippen molar-refractivity contribution in [1.29, 1.82) is 0 Å². The maximum Gasteiger partial charge on any atom is 0.221 e. The number of carbonyl (C=O) groups excluding carboxylic acids is 1. The fourth-order valence-electron chi connectivity index (χ4n) is 1.38. The van der Waals surface area contributed by atoms with E-state index < -0.39 is 0 Å². The molecule has 1 aromatic rings. The standard InChI is InChI=1S/C12H22N4O/c1-12(2,3)15-5-4-11(17)14-7-9-16-8-6-13-10-16/h6,8,10,15H,4-5,7,9H2,1-3H3,(H,14,17). The number of hydrogen-bond donors (Lipinski definition) is 2. The van der Waals surface area contributed by atoms with E-state index in [0.29, 0.717) is 19.5 Å². The minimum Gasteiger partial charge on any atom is -0.354 e. The summed E-state index contributed by atoms with van der Waals surface area (Å²) in [6, 6.07) is 0. The van der Waals surface area contributed by atoms with Gasteiger partial charge in [0.1, 0.15) is 0 Å². The van der Waals surface area contributed by atoms with Crippen LogP contribution >= 0.6 is 0 Å². The van der Waals surface area contributed by atoms with Crippen LogP contribution < -0.4 is 10.6 Å². The summed E-state index contributed by atoms with van der Waals surface area (Å²) in [4.78, 5) is 15.4. The Morgan fingerprint density at radius 3 is 2.71 bits per heavy atom. The number of nitrogens with zero attached hydrogens (tertiary/aromatic N) is 2. The van der Waals surface area contributed by atoms with E-state index in [0.717, 1.165) is 6.54 Å². The monoisotopic (exact) mass is 238 g/mol. The highest BCUT2D eigenvalue weighted by Crippen LogP contribution is 1.97. The second kappa shape index (κ2) is 6.39. The van der Waals surface area contributed by atoms with E-state index in [9.17, 15) is 4.79 Å². The quantitative estimate of drug-likeness (QED) is 0.770. The molecule has 0 aromatic carbocycles. The number of hydrogen-bond acceptors (Lipinski definition) is 3. The van der Waals surface area contributed by atoms with Crippen LogP contribution in [0.4, 0.5) is 0 Å². The SMILES string of the molecule is CC(C)(C)NCCC(=O)NCCn1ccnc1. The lowest BCUT2D eigenvalue weighted by molar-refractivity contribution is -0.121. The minimum absolute atomic E-state index is 0.0666. The van der Waals surface area contributed by atoms with Crippen LogP contribution in [0.2, 0.25) is 0 Å². The predicted molar refractivity (Wildman–Crippen MR) is 67.6 cm³/mol. The Labute approximate surface area is 103 Å². The van der Waals surface area contributed by atoms with Crippen molar-refractivity contribution >= 4 is 5.91 Å². The topological polar surface area (TPSA) is 59.0 Å². The zero-order valence-corrected chi connectivity index (χ0v) is 10.9. The van der Waals surface area contributed by atoms with Gasteiger partial charge in [0.25, 0.3) is 0 Å². The second-order valence-corrected chi connectivity index (χ2v) is 5.08. The van der Waals surface area contributed by atoms with E-state index in [-0.39, 0.29) is 11.4 Å². The first-order valence-electron chi connectivity index (χ1n) is 5.95. The van der Waals surface area contributed by atoms with Gasteiger partial charge in [-0.1, -0.05) is 0 Å². The number of nitrogens with one attached hydrogen (secondary N) is 2. The number of imidazole rings is 1. The molecule has 96 valence electrons. The molecule has 2 N–H and O–H groups in total. The van der Waals surface area contributed by atoms with Crippen LogP contribution in [-0.4, -0.2) is 34.1 Å². The Hall–Kier alpha value is -1.36. The lowest BCUT2D eigenvalue weighted by atomic mass is 10.1. The van der Waals surface area contributed by atoms with Crippen LogP contribution in [0.3, 0.4) is 0 Å². The average Bonchev–Trinajstić information content (AvgIpc) is 2.68. The Bertz CT molecular complexity index is 327. The van der Waals surface area contributed by atoms with E-state index in [4.69, 9.17) is 0 Å². The molecule has 1 rings (SSSR count). The van der Waals surface area contributed by atoms with Crippen molar-refractivity contribution in [2.75, 3.05) is 13.1 Å². The molecule has 0 saturated carbocycles. The van der Waals surface area contributed by atoms with Crippen molar-refractivity contribution in [2.24, 2.45) is 0 Å². The molecule has 0 spiro atoms. The maximum absolute atomic E-state index is 11.5. The highest BCUT2D eigenvalue weighted by atomic mass is 16.1. The summed E-state index contributed by atoms with van der Waals surface area (Å²) in [5.41, 5.74) is 0.0666. The van der Waals surface area contributed by atoms with Crippen molar-refractivity contribution in [3.8, 4) is 0 Å². The number of rotatable bonds is 6. The molecular formula is C12H22N4O. The van der Waals surface area contributed by atoms with E-state index in [1.165, 1.54) is 0 Å². The molecule has 17 heavy (non-hydrogen) atoms. The van der Waals surface area contributed by atoms with Crippen molar-refractivity contribution in [3.05, 3.63) is 18.7 Å². The number of carbonyl (C=O) groups is 1. The molecule has 0 fully saturated rings. The van der Waals surface area contributed by atoms with Crippen molar-refractivity contribution in [1.82, 2.24) is 20.2 Å². The lowest BCUT2D eigenvalue weighted by Crippen LogP contribution is -2.38. The first-order chi connectivity index (χ1) is 7.97. The minimum atomic E-state index is 0.0666.